The van der Waals surface area contributed by atoms with E-state index in [4.69, 9.17) is 9.47 Å². The summed E-state index contributed by atoms with van der Waals surface area (Å²) in [7, 11) is 0. The van der Waals surface area contributed by atoms with Gasteiger partial charge in [-0.25, -0.2) is 4.79 Å². The summed E-state index contributed by atoms with van der Waals surface area (Å²) < 4.78 is 10.6. The number of carbonyl (C=O) groups excluding carboxylic acids is 2. The normalized spacial score (nSPS) is 11.4. The fraction of sp³-hybridized carbons (Fsp3) is 0.300. The molecule has 132 valence electrons. The number of amides is 1. The van der Waals surface area contributed by atoms with E-state index in [1.807, 2.05) is 55.5 Å². The summed E-state index contributed by atoms with van der Waals surface area (Å²) >= 11 is 0. The molecular weight excluding hydrogens is 318 g/mol. The van der Waals surface area contributed by atoms with E-state index in [2.05, 4.69) is 5.32 Å². The van der Waals surface area contributed by atoms with Gasteiger partial charge in [-0.3, -0.25) is 4.79 Å². The highest BCUT2D eigenvalue weighted by molar-refractivity contribution is 5.85. The molecule has 1 amide bonds. The SMILES string of the molecule is CCOC(=O)C(Cc1ccccc1)NC(=O)COc1ccccc1C. The van der Waals surface area contributed by atoms with Crippen LogP contribution in [-0.4, -0.2) is 31.1 Å². The first kappa shape index (κ1) is 18.5. The van der Waals surface area contributed by atoms with Crippen LogP contribution in [0.3, 0.4) is 0 Å². The van der Waals surface area contributed by atoms with Gasteiger partial charge in [0, 0.05) is 6.42 Å². The van der Waals surface area contributed by atoms with Crippen LogP contribution in [-0.2, 0) is 20.7 Å². The third kappa shape index (κ3) is 5.95. The van der Waals surface area contributed by atoms with Crippen LogP contribution in [0.25, 0.3) is 0 Å². The molecule has 0 bridgehead atoms. The van der Waals surface area contributed by atoms with Gasteiger partial charge in [0.05, 0.1) is 6.61 Å². The Bertz CT molecular complexity index is 700. The van der Waals surface area contributed by atoms with E-state index in [9.17, 15) is 9.59 Å². The van der Waals surface area contributed by atoms with E-state index in [0.717, 1.165) is 11.1 Å². The molecule has 25 heavy (non-hydrogen) atoms. The molecule has 0 aliphatic carbocycles. The molecular formula is C20H23NO4. The van der Waals surface area contributed by atoms with Crippen LogP contribution in [0.2, 0.25) is 0 Å². The van der Waals surface area contributed by atoms with Crippen molar-refractivity contribution in [2.75, 3.05) is 13.2 Å². The van der Waals surface area contributed by atoms with Gasteiger partial charge in [0.2, 0.25) is 0 Å². The van der Waals surface area contributed by atoms with Crippen molar-refractivity contribution in [3.8, 4) is 5.75 Å². The van der Waals surface area contributed by atoms with Crippen molar-refractivity contribution in [2.45, 2.75) is 26.3 Å². The molecule has 0 aromatic heterocycles. The predicted octanol–water partition coefficient (Wildman–Crippen LogP) is 2.66. The van der Waals surface area contributed by atoms with Gasteiger partial charge in [-0.05, 0) is 31.0 Å². The zero-order valence-corrected chi connectivity index (χ0v) is 14.5. The second-order valence-corrected chi connectivity index (χ2v) is 5.62. The van der Waals surface area contributed by atoms with Crippen LogP contribution in [0.15, 0.2) is 54.6 Å². The van der Waals surface area contributed by atoms with Gasteiger partial charge in [0.15, 0.2) is 6.61 Å². The van der Waals surface area contributed by atoms with Gasteiger partial charge in [0.1, 0.15) is 11.8 Å². The van der Waals surface area contributed by atoms with Crippen molar-refractivity contribution in [3.05, 3.63) is 65.7 Å². The number of ether oxygens (including phenoxy) is 2. The molecule has 0 saturated heterocycles. The van der Waals surface area contributed by atoms with E-state index in [0.29, 0.717) is 12.2 Å². The standard InChI is InChI=1S/C20H23NO4/c1-3-24-20(23)17(13-16-10-5-4-6-11-16)21-19(22)14-25-18-12-8-7-9-15(18)2/h4-12,17H,3,13-14H2,1-2H3,(H,21,22). The minimum absolute atomic E-state index is 0.157. The molecule has 2 rings (SSSR count). The Kier molecular flexibility index (Phi) is 7.01. The molecule has 1 atom stereocenters. The van der Waals surface area contributed by atoms with Crippen LogP contribution >= 0.6 is 0 Å². The first-order valence-corrected chi connectivity index (χ1v) is 8.28. The minimum atomic E-state index is -0.740. The van der Waals surface area contributed by atoms with E-state index >= 15 is 0 Å². The van der Waals surface area contributed by atoms with Gasteiger partial charge in [-0.15, -0.1) is 0 Å². The molecule has 5 heteroatoms. The summed E-state index contributed by atoms with van der Waals surface area (Å²) in [6.45, 7) is 3.75. The summed E-state index contributed by atoms with van der Waals surface area (Å²) in [6.07, 6.45) is 0.371. The number of hydrogen-bond acceptors (Lipinski definition) is 4. The molecule has 5 nitrogen and oxygen atoms in total. The van der Waals surface area contributed by atoms with Crippen LogP contribution < -0.4 is 10.1 Å². The number of para-hydroxylation sites is 1. The number of aryl methyl sites for hydroxylation is 1. The maximum absolute atomic E-state index is 12.2. The van der Waals surface area contributed by atoms with E-state index in [-0.39, 0.29) is 19.1 Å². The lowest BCUT2D eigenvalue weighted by Crippen LogP contribution is -2.45. The molecule has 0 spiro atoms. The van der Waals surface area contributed by atoms with Gasteiger partial charge < -0.3 is 14.8 Å². The molecule has 1 N–H and O–H groups in total. The van der Waals surface area contributed by atoms with E-state index < -0.39 is 12.0 Å². The highest BCUT2D eigenvalue weighted by Gasteiger charge is 2.22. The van der Waals surface area contributed by atoms with Crippen molar-refractivity contribution >= 4 is 11.9 Å². The zero-order valence-electron chi connectivity index (χ0n) is 14.5. The summed E-state index contributed by atoms with van der Waals surface area (Å²) in [6, 6.07) is 16.2. The maximum Gasteiger partial charge on any atom is 0.328 e. The Morgan fingerprint density at radius 3 is 2.40 bits per heavy atom. The molecule has 2 aromatic carbocycles. The monoisotopic (exact) mass is 341 g/mol. The number of rotatable bonds is 8. The number of esters is 1. The minimum Gasteiger partial charge on any atom is -0.484 e. The lowest BCUT2D eigenvalue weighted by molar-refractivity contribution is -0.147. The lowest BCUT2D eigenvalue weighted by atomic mass is 10.1. The number of benzene rings is 2. The van der Waals surface area contributed by atoms with Crippen LogP contribution in [0.4, 0.5) is 0 Å². The summed E-state index contributed by atoms with van der Waals surface area (Å²) in [5.41, 5.74) is 1.89. The summed E-state index contributed by atoms with van der Waals surface area (Å²) in [5.74, 6) is -0.166. The molecule has 2 aromatic rings. The lowest BCUT2D eigenvalue weighted by Gasteiger charge is -2.18. The number of nitrogens with one attached hydrogen (secondary N) is 1. The van der Waals surface area contributed by atoms with Crippen molar-refractivity contribution in [1.82, 2.24) is 5.32 Å². The Labute approximate surface area is 148 Å². The topological polar surface area (TPSA) is 64.6 Å². The molecule has 0 aliphatic heterocycles. The number of hydrogen-bond donors (Lipinski definition) is 1. The molecule has 0 heterocycles. The second kappa shape index (κ2) is 9.47. The largest absolute Gasteiger partial charge is 0.484 e. The van der Waals surface area contributed by atoms with Gasteiger partial charge >= 0.3 is 5.97 Å². The van der Waals surface area contributed by atoms with Crippen LogP contribution in [0, 0.1) is 6.92 Å². The van der Waals surface area contributed by atoms with Crippen molar-refractivity contribution in [3.63, 3.8) is 0 Å². The van der Waals surface area contributed by atoms with Crippen LogP contribution in [0.1, 0.15) is 18.1 Å². The van der Waals surface area contributed by atoms with Crippen molar-refractivity contribution in [1.29, 1.82) is 0 Å². The van der Waals surface area contributed by atoms with Gasteiger partial charge in [-0.2, -0.15) is 0 Å². The fourth-order valence-corrected chi connectivity index (χ4v) is 2.38. The smallest absolute Gasteiger partial charge is 0.328 e. The summed E-state index contributed by atoms with van der Waals surface area (Å²) in [4.78, 5) is 24.3. The fourth-order valence-electron chi connectivity index (χ4n) is 2.38. The zero-order chi connectivity index (χ0) is 18.1. The van der Waals surface area contributed by atoms with Gasteiger partial charge in [-0.1, -0.05) is 48.5 Å². The van der Waals surface area contributed by atoms with Crippen LogP contribution in [0.5, 0.6) is 5.75 Å². The van der Waals surface area contributed by atoms with Gasteiger partial charge in [0.25, 0.3) is 5.91 Å². The van der Waals surface area contributed by atoms with Crippen molar-refractivity contribution in [2.24, 2.45) is 0 Å². The predicted molar refractivity (Wildman–Crippen MR) is 95.4 cm³/mol. The Morgan fingerprint density at radius 2 is 1.72 bits per heavy atom. The average Bonchev–Trinajstić information content (AvgIpc) is 2.61. The quantitative estimate of drug-likeness (QED) is 0.750. The molecule has 0 aliphatic rings. The molecule has 1 unspecified atom stereocenters. The summed E-state index contributed by atoms with van der Waals surface area (Å²) in [5, 5.41) is 2.70. The highest BCUT2D eigenvalue weighted by atomic mass is 16.5. The Balaban J connectivity index is 1.96. The number of carbonyl (C=O) groups is 2. The Morgan fingerprint density at radius 1 is 1.04 bits per heavy atom. The molecule has 0 fully saturated rings. The van der Waals surface area contributed by atoms with E-state index in [1.165, 1.54) is 0 Å². The Hall–Kier alpha value is -2.82. The first-order valence-electron chi connectivity index (χ1n) is 8.28. The first-order chi connectivity index (χ1) is 12.1. The maximum atomic E-state index is 12.2. The average molecular weight is 341 g/mol. The van der Waals surface area contributed by atoms with Crippen molar-refractivity contribution < 1.29 is 19.1 Å². The third-order valence-electron chi connectivity index (χ3n) is 3.64. The molecule has 0 radical (unpaired) electrons. The molecule has 0 saturated carbocycles. The van der Waals surface area contributed by atoms with E-state index in [1.54, 1.807) is 13.0 Å². The second-order valence-electron chi connectivity index (χ2n) is 5.62. The highest BCUT2D eigenvalue weighted by Crippen LogP contribution is 2.15. The third-order valence-corrected chi connectivity index (χ3v) is 3.64.